The van der Waals surface area contributed by atoms with Crippen LogP contribution in [0.5, 0.6) is 11.5 Å². The number of rotatable bonds is 3. The molecule has 2 aliphatic rings. The zero-order chi connectivity index (χ0) is 17.1. The maximum absolute atomic E-state index is 12.2. The van der Waals surface area contributed by atoms with Gasteiger partial charge in [0.2, 0.25) is 0 Å². The summed E-state index contributed by atoms with van der Waals surface area (Å²) in [6.07, 6.45) is 4.09. The van der Waals surface area contributed by atoms with Crippen LogP contribution in [0.15, 0.2) is 28.1 Å². The standard InChI is InChI=1S/C18H22N2O3S/c1-3-23-15-10-13(4-5-14(15)21)11-16-17(22)19-18(24-16)20-8-6-12(2)7-9-20/h4-5,10-12,21H,3,6-9H2,1-2H3/b16-11-. The molecule has 1 aromatic carbocycles. The van der Waals surface area contributed by atoms with Gasteiger partial charge in [-0.05, 0) is 61.2 Å². The molecule has 6 heteroatoms. The van der Waals surface area contributed by atoms with E-state index in [0.717, 1.165) is 42.6 Å². The number of likely N-dealkylation sites (tertiary alicyclic amines) is 1. The molecule has 0 atom stereocenters. The summed E-state index contributed by atoms with van der Waals surface area (Å²) in [6, 6.07) is 5.08. The predicted octanol–water partition coefficient (Wildman–Crippen LogP) is 3.49. The number of benzene rings is 1. The number of carbonyl (C=O) groups excluding carboxylic acids is 1. The highest BCUT2D eigenvalue weighted by Crippen LogP contribution is 2.34. The Morgan fingerprint density at radius 3 is 2.88 bits per heavy atom. The van der Waals surface area contributed by atoms with Crippen molar-refractivity contribution in [2.75, 3.05) is 19.7 Å². The number of hydrogen-bond acceptors (Lipinski definition) is 5. The number of phenolic OH excluding ortho intramolecular Hbond substituents is 1. The normalized spacial score (nSPS) is 20.6. The van der Waals surface area contributed by atoms with Crippen LogP contribution in [-0.4, -0.2) is 40.8 Å². The van der Waals surface area contributed by atoms with Gasteiger partial charge in [-0.3, -0.25) is 4.79 Å². The molecule has 2 heterocycles. The Bertz CT molecular complexity index is 692. The minimum atomic E-state index is -0.195. The van der Waals surface area contributed by atoms with Gasteiger partial charge in [-0.15, -0.1) is 0 Å². The van der Waals surface area contributed by atoms with E-state index >= 15 is 0 Å². The number of aromatic hydroxyl groups is 1. The number of phenols is 1. The average Bonchev–Trinajstić information content (AvgIpc) is 2.92. The third kappa shape index (κ3) is 3.75. The number of ether oxygens (including phenoxy) is 1. The molecule has 128 valence electrons. The van der Waals surface area contributed by atoms with Crippen molar-refractivity contribution in [2.45, 2.75) is 26.7 Å². The Morgan fingerprint density at radius 2 is 2.17 bits per heavy atom. The van der Waals surface area contributed by atoms with Crippen molar-refractivity contribution in [3.05, 3.63) is 28.7 Å². The first-order chi connectivity index (χ1) is 11.6. The molecule has 1 N–H and O–H groups in total. The van der Waals surface area contributed by atoms with Crippen LogP contribution in [0.3, 0.4) is 0 Å². The first-order valence-electron chi connectivity index (χ1n) is 8.30. The SMILES string of the molecule is CCOc1cc(/C=C2\SC(N3CCC(C)CC3)=NC2=O)ccc1O. The molecule has 0 bridgehead atoms. The quantitative estimate of drug-likeness (QED) is 0.849. The maximum Gasteiger partial charge on any atom is 0.286 e. The van der Waals surface area contributed by atoms with Crippen LogP contribution in [0.1, 0.15) is 32.3 Å². The zero-order valence-electron chi connectivity index (χ0n) is 14.0. The molecular formula is C18H22N2O3S. The summed E-state index contributed by atoms with van der Waals surface area (Å²) >= 11 is 1.43. The number of amides is 1. The summed E-state index contributed by atoms with van der Waals surface area (Å²) in [6.45, 7) is 6.52. The predicted molar refractivity (Wildman–Crippen MR) is 97.3 cm³/mol. The summed E-state index contributed by atoms with van der Waals surface area (Å²) in [5.74, 6) is 1.07. The second-order valence-corrected chi connectivity index (χ2v) is 7.15. The number of aliphatic imine (C=N–C) groups is 1. The summed E-state index contributed by atoms with van der Waals surface area (Å²) < 4.78 is 5.39. The van der Waals surface area contributed by atoms with Crippen LogP contribution in [0.2, 0.25) is 0 Å². The first-order valence-corrected chi connectivity index (χ1v) is 9.11. The van der Waals surface area contributed by atoms with E-state index in [9.17, 15) is 9.90 Å². The van der Waals surface area contributed by atoms with Gasteiger partial charge in [-0.1, -0.05) is 13.0 Å². The van der Waals surface area contributed by atoms with Crippen molar-refractivity contribution in [2.24, 2.45) is 10.9 Å². The zero-order valence-corrected chi connectivity index (χ0v) is 14.8. The maximum atomic E-state index is 12.2. The molecule has 0 unspecified atom stereocenters. The van der Waals surface area contributed by atoms with E-state index in [2.05, 4.69) is 16.8 Å². The Kier molecular flexibility index (Phi) is 5.14. The molecule has 2 aliphatic heterocycles. The number of hydrogen-bond donors (Lipinski definition) is 1. The fourth-order valence-corrected chi connectivity index (χ4v) is 3.74. The van der Waals surface area contributed by atoms with Crippen LogP contribution in [0.4, 0.5) is 0 Å². The molecule has 0 spiro atoms. The van der Waals surface area contributed by atoms with Crippen LogP contribution >= 0.6 is 11.8 Å². The molecule has 1 amide bonds. The highest BCUT2D eigenvalue weighted by molar-refractivity contribution is 8.18. The Balaban J connectivity index is 1.73. The Morgan fingerprint density at radius 1 is 1.42 bits per heavy atom. The van der Waals surface area contributed by atoms with E-state index in [-0.39, 0.29) is 11.7 Å². The second-order valence-electron chi connectivity index (χ2n) is 6.14. The number of nitrogens with zero attached hydrogens (tertiary/aromatic N) is 2. The second kappa shape index (κ2) is 7.30. The third-order valence-corrected chi connectivity index (χ3v) is 5.29. The average molecular weight is 346 g/mol. The van der Waals surface area contributed by atoms with Gasteiger partial charge in [0.05, 0.1) is 11.5 Å². The lowest BCUT2D eigenvalue weighted by atomic mass is 10.00. The molecule has 0 aromatic heterocycles. The fourth-order valence-electron chi connectivity index (χ4n) is 2.78. The fraction of sp³-hybridized carbons (Fsp3) is 0.444. The third-order valence-electron chi connectivity index (χ3n) is 4.24. The molecule has 3 rings (SSSR count). The molecule has 0 aliphatic carbocycles. The lowest BCUT2D eigenvalue weighted by molar-refractivity contribution is -0.113. The van der Waals surface area contributed by atoms with E-state index in [4.69, 9.17) is 4.74 Å². The van der Waals surface area contributed by atoms with E-state index < -0.39 is 0 Å². The number of amidine groups is 1. The summed E-state index contributed by atoms with van der Waals surface area (Å²) in [5, 5.41) is 10.6. The highest BCUT2D eigenvalue weighted by atomic mass is 32.2. The van der Waals surface area contributed by atoms with Crippen molar-refractivity contribution in [1.29, 1.82) is 0 Å². The topological polar surface area (TPSA) is 62.1 Å². The van der Waals surface area contributed by atoms with Crippen molar-refractivity contribution < 1.29 is 14.6 Å². The lowest BCUT2D eigenvalue weighted by Gasteiger charge is -2.30. The number of piperidine rings is 1. The van der Waals surface area contributed by atoms with Crippen LogP contribution < -0.4 is 4.74 Å². The van der Waals surface area contributed by atoms with Gasteiger partial charge >= 0.3 is 0 Å². The summed E-state index contributed by atoms with van der Waals surface area (Å²) in [7, 11) is 0. The minimum absolute atomic E-state index is 0.101. The highest BCUT2D eigenvalue weighted by Gasteiger charge is 2.28. The van der Waals surface area contributed by atoms with E-state index in [1.165, 1.54) is 11.8 Å². The monoisotopic (exact) mass is 346 g/mol. The largest absolute Gasteiger partial charge is 0.504 e. The molecule has 1 aromatic rings. The van der Waals surface area contributed by atoms with E-state index in [1.807, 2.05) is 6.92 Å². The molecule has 5 nitrogen and oxygen atoms in total. The van der Waals surface area contributed by atoms with Gasteiger partial charge in [-0.2, -0.15) is 4.99 Å². The van der Waals surface area contributed by atoms with Gasteiger partial charge < -0.3 is 14.7 Å². The first kappa shape index (κ1) is 16.9. The summed E-state index contributed by atoms with van der Waals surface area (Å²) in [4.78, 5) is 19.2. The van der Waals surface area contributed by atoms with Gasteiger partial charge in [0.25, 0.3) is 5.91 Å². The van der Waals surface area contributed by atoms with Crippen LogP contribution in [0.25, 0.3) is 6.08 Å². The Labute approximate surface area is 146 Å². The van der Waals surface area contributed by atoms with E-state index in [0.29, 0.717) is 17.3 Å². The van der Waals surface area contributed by atoms with Gasteiger partial charge in [0.15, 0.2) is 16.7 Å². The van der Waals surface area contributed by atoms with Gasteiger partial charge in [-0.25, -0.2) is 0 Å². The smallest absolute Gasteiger partial charge is 0.286 e. The molecule has 0 radical (unpaired) electrons. The molecular weight excluding hydrogens is 324 g/mol. The van der Waals surface area contributed by atoms with Crippen molar-refractivity contribution in [3.8, 4) is 11.5 Å². The van der Waals surface area contributed by atoms with Gasteiger partial charge in [0, 0.05) is 13.1 Å². The van der Waals surface area contributed by atoms with Gasteiger partial charge in [0.1, 0.15) is 0 Å². The molecule has 1 fully saturated rings. The van der Waals surface area contributed by atoms with Crippen molar-refractivity contribution in [3.63, 3.8) is 0 Å². The van der Waals surface area contributed by atoms with E-state index in [1.54, 1.807) is 24.3 Å². The molecule has 24 heavy (non-hydrogen) atoms. The molecule has 1 saturated heterocycles. The minimum Gasteiger partial charge on any atom is -0.504 e. The molecule has 0 saturated carbocycles. The van der Waals surface area contributed by atoms with Crippen LogP contribution in [-0.2, 0) is 4.79 Å². The van der Waals surface area contributed by atoms with Crippen molar-refractivity contribution in [1.82, 2.24) is 4.90 Å². The Hall–Kier alpha value is -1.95. The number of thioether (sulfide) groups is 1. The summed E-state index contributed by atoms with van der Waals surface area (Å²) in [5.41, 5.74) is 0.816. The number of carbonyl (C=O) groups is 1. The lowest BCUT2D eigenvalue weighted by Crippen LogP contribution is -2.35. The van der Waals surface area contributed by atoms with Crippen LogP contribution in [0, 0.1) is 5.92 Å². The van der Waals surface area contributed by atoms with Crippen molar-refractivity contribution >= 4 is 28.9 Å².